The highest BCUT2D eigenvalue weighted by molar-refractivity contribution is 9.10. The van der Waals surface area contributed by atoms with Crippen LogP contribution in [0.15, 0.2) is 28.9 Å². The zero-order valence-corrected chi connectivity index (χ0v) is 16.3. The summed E-state index contributed by atoms with van der Waals surface area (Å²) in [6.45, 7) is 3.49. The van der Waals surface area contributed by atoms with Gasteiger partial charge in [-0.2, -0.15) is 5.10 Å². The molecule has 1 aromatic heterocycles. The fourth-order valence-electron chi connectivity index (χ4n) is 2.20. The van der Waals surface area contributed by atoms with Crippen molar-refractivity contribution in [2.24, 2.45) is 0 Å². The van der Waals surface area contributed by atoms with Crippen molar-refractivity contribution >= 4 is 39.5 Å². The number of hydrogen-bond donors (Lipinski definition) is 1. The lowest BCUT2D eigenvalue weighted by Gasteiger charge is -2.14. The van der Waals surface area contributed by atoms with Gasteiger partial charge in [-0.3, -0.25) is 9.48 Å². The number of carbonyl (C=O) groups is 3. The molecule has 0 fully saturated rings. The summed E-state index contributed by atoms with van der Waals surface area (Å²) in [6.07, 6.45) is 1.70. The van der Waals surface area contributed by atoms with Gasteiger partial charge in [0.25, 0.3) is 0 Å². The molecule has 26 heavy (non-hydrogen) atoms. The molecule has 138 valence electrons. The van der Waals surface area contributed by atoms with Gasteiger partial charge in [-0.05, 0) is 48.0 Å². The summed E-state index contributed by atoms with van der Waals surface area (Å²) in [5.41, 5.74) is 1.27. The molecule has 0 saturated carbocycles. The van der Waals surface area contributed by atoms with Gasteiger partial charge in [-0.1, -0.05) is 0 Å². The van der Waals surface area contributed by atoms with Crippen molar-refractivity contribution in [3.05, 3.63) is 45.7 Å². The Bertz CT molecular complexity index is 808. The number of aromatic nitrogens is 2. The predicted molar refractivity (Wildman–Crippen MR) is 97.1 cm³/mol. The Morgan fingerprint density at radius 3 is 2.08 bits per heavy atom. The molecule has 0 spiro atoms. The molecule has 2 aromatic rings. The number of carbonyl (C=O) groups excluding carboxylic acids is 3. The van der Waals surface area contributed by atoms with Crippen LogP contribution < -0.4 is 5.32 Å². The second kappa shape index (κ2) is 8.13. The monoisotopic (exact) mass is 423 g/mol. The van der Waals surface area contributed by atoms with Crippen molar-refractivity contribution in [3.63, 3.8) is 0 Å². The highest BCUT2D eigenvalue weighted by Crippen LogP contribution is 2.20. The minimum Gasteiger partial charge on any atom is -0.465 e. The van der Waals surface area contributed by atoms with E-state index in [9.17, 15) is 14.4 Å². The maximum atomic E-state index is 12.5. The maximum absolute atomic E-state index is 12.5. The normalized spacial score (nSPS) is 11.6. The molecule has 0 aliphatic carbocycles. The third-order valence-corrected chi connectivity index (χ3v) is 4.45. The SMILES string of the molecule is COC(=O)c1cc(NC(=O)C(C)n2cc(Br)c(C)n2)cc(C(=O)OC)c1. The van der Waals surface area contributed by atoms with Crippen molar-refractivity contribution in [3.8, 4) is 0 Å². The van der Waals surface area contributed by atoms with Crippen LogP contribution >= 0.6 is 15.9 Å². The molecule has 9 heteroatoms. The van der Waals surface area contributed by atoms with E-state index in [1.54, 1.807) is 13.1 Å². The predicted octanol–water partition coefficient (Wildman–Crippen LogP) is 2.73. The second-order valence-electron chi connectivity index (χ2n) is 5.49. The van der Waals surface area contributed by atoms with Gasteiger partial charge in [-0.25, -0.2) is 9.59 Å². The van der Waals surface area contributed by atoms with Gasteiger partial charge in [0.05, 0.1) is 35.5 Å². The number of hydrogen-bond acceptors (Lipinski definition) is 6. The molecule has 1 unspecified atom stereocenters. The standard InChI is InChI=1S/C17H18BrN3O5/c1-9-14(18)8-21(20-9)10(2)15(22)19-13-6-11(16(23)25-3)5-12(7-13)17(24)26-4/h5-8,10H,1-4H3,(H,19,22). The first kappa shape index (κ1) is 19.6. The van der Waals surface area contributed by atoms with Gasteiger partial charge < -0.3 is 14.8 Å². The zero-order valence-electron chi connectivity index (χ0n) is 14.7. The van der Waals surface area contributed by atoms with Gasteiger partial charge in [-0.15, -0.1) is 0 Å². The van der Waals surface area contributed by atoms with Gasteiger partial charge in [0.2, 0.25) is 5.91 Å². The lowest BCUT2D eigenvalue weighted by Crippen LogP contribution is -2.24. The van der Waals surface area contributed by atoms with E-state index in [-0.39, 0.29) is 22.7 Å². The van der Waals surface area contributed by atoms with Crippen LogP contribution in [-0.4, -0.2) is 41.8 Å². The van der Waals surface area contributed by atoms with Crippen LogP contribution in [0.2, 0.25) is 0 Å². The Balaban J connectivity index is 2.30. The highest BCUT2D eigenvalue weighted by Gasteiger charge is 2.19. The molecule has 0 aliphatic heterocycles. The van der Waals surface area contributed by atoms with Crippen LogP contribution in [0.5, 0.6) is 0 Å². The van der Waals surface area contributed by atoms with Gasteiger partial charge in [0.1, 0.15) is 6.04 Å². The molecule has 1 aromatic carbocycles. The first-order valence-electron chi connectivity index (χ1n) is 7.60. The quantitative estimate of drug-likeness (QED) is 0.742. The number of benzene rings is 1. The van der Waals surface area contributed by atoms with Crippen LogP contribution in [0, 0.1) is 6.92 Å². The number of esters is 2. The van der Waals surface area contributed by atoms with E-state index >= 15 is 0 Å². The Kier molecular flexibility index (Phi) is 6.14. The Morgan fingerprint density at radius 2 is 1.65 bits per heavy atom. The first-order valence-corrected chi connectivity index (χ1v) is 8.40. The van der Waals surface area contributed by atoms with Crippen molar-refractivity contribution in [2.75, 3.05) is 19.5 Å². The average Bonchev–Trinajstić information content (AvgIpc) is 2.97. The number of nitrogens with one attached hydrogen (secondary N) is 1. The van der Waals surface area contributed by atoms with Gasteiger partial charge >= 0.3 is 11.9 Å². The van der Waals surface area contributed by atoms with Crippen LogP contribution in [0.3, 0.4) is 0 Å². The summed E-state index contributed by atoms with van der Waals surface area (Å²) in [6, 6.07) is 3.58. The fourth-order valence-corrected chi connectivity index (χ4v) is 2.48. The summed E-state index contributed by atoms with van der Waals surface area (Å²) in [5, 5.41) is 6.93. The molecule has 0 saturated heterocycles. The first-order chi connectivity index (χ1) is 12.3. The molecular weight excluding hydrogens is 406 g/mol. The Hall–Kier alpha value is -2.68. The third-order valence-electron chi connectivity index (χ3n) is 3.68. The van der Waals surface area contributed by atoms with E-state index in [1.807, 2.05) is 6.92 Å². The van der Waals surface area contributed by atoms with Gasteiger partial charge in [0, 0.05) is 11.9 Å². The fraction of sp³-hybridized carbons (Fsp3) is 0.294. The molecule has 1 amide bonds. The minimum atomic E-state index is -0.633. The number of nitrogens with zero attached hydrogens (tertiary/aromatic N) is 2. The second-order valence-corrected chi connectivity index (χ2v) is 6.34. The van der Waals surface area contributed by atoms with Crippen LogP contribution in [0.4, 0.5) is 5.69 Å². The minimum absolute atomic E-state index is 0.121. The summed E-state index contributed by atoms with van der Waals surface area (Å²) >= 11 is 3.35. The molecule has 2 rings (SSSR count). The van der Waals surface area contributed by atoms with E-state index in [0.717, 1.165) is 10.2 Å². The van der Waals surface area contributed by atoms with Crippen molar-refractivity contribution < 1.29 is 23.9 Å². The summed E-state index contributed by atoms with van der Waals surface area (Å²) in [5.74, 6) is -1.63. The van der Waals surface area contributed by atoms with Crippen molar-refractivity contribution in [1.82, 2.24) is 9.78 Å². The lowest BCUT2D eigenvalue weighted by atomic mass is 10.1. The highest BCUT2D eigenvalue weighted by atomic mass is 79.9. The molecule has 8 nitrogen and oxygen atoms in total. The molecular formula is C17H18BrN3O5. The molecule has 0 aliphatic rings. The number of halogens is 1. The third kappa shape index (κ3) is 4.29. The van der Waals surface area contributed by atoms with E-state index in [2.05, 4.69) is 35.8 Å². The van der Waals surface area contributed by atoms with E-state index in [1.165, 1.54) is 37.1 Å². The molecule has 0 radical (unpaired) electrons. The number of amides is 1. The average molecular weight is 424 g/mol. The van der Waals surface area contributed by atoms with Gasteiger partial charge in [0.15, 0.2) is 0 Å². The molecule has 1 atom stereocenters. The molecule has 1 heterocycles. The number of anilines is 1. The topological polar surface area (TPSA) is 99.5 Å². The van der Waals surface area contributed by atoms with Crippen LogP contribution in [0.1, 0.15) is 39.4 Å². The van der Waals surface area contributed by atoms with Crippen LogP contribution in [-0.2, 0) is 14.3 Å². The lowest BCUT2D eigenvalue weighted by molar-refractivity contribution is -0.119. The van der Waals surface area contributed by atoms with E-state index < -0.39 is 18.0 Å². The van der Waals surface area contributed by atoms with Crippen LogP contribution in [0.25, 0.3) is 0 Å². The Morgan fingerprint density at radius 1 is 1.12 bits per heavy atom. The van der Waals surface area contributed by atoms with E-state index in [4.69, 9.17) is 0 Å². The summed E-state index contributed by atoms with van der Waals surface area (Å²) in [4.78, 5) is 36.1. The largest absolute Gasteiger partial charge is 0.465 e. The zero-order chi connectivity index (χ0) is 19.4. The van der Waals surface area contributed by atoms with E-state index in [0.29, 0.717) is 0 Å². The summed E-state index contributed by atoms with van der Waals surface area (Å²) < 4.78 is 11.7. The summed E-state index contributed by atoms with van der Waals surface area (Å²) in [7, 11) is 2.46. The number of methoxy groups -OCH3 is 2. The van der Waals surface area contributed by atoms with Crippen molar-refractivity contribution in [2.45, 2.75) is 19.9 Å². The number of rotatable bonds is 5. The number of aryl methyl sites for hydroxylation is 1. The maximum Gasteiger partial charge on any atom is 0.337 e. The van der Waals surface area contributed by atoms with Crippen molar-refractivity contribution in [1.29, 1.82) is 0 Å². The smallest absolute Gasteiger partial charge is 0.337 e. The molecule has 0 bridgehead atoms. The Labute approximate surface area is 158 Å². The molecule has 1 N–H and O–H groups in total. The number of ether oxygens (including phenoxy) is 2.